The summed E-state index contributed by atoms with van der Waals surface area (Å²) in [5, 5.41) is 9.31. The highest BCUT2D eigenvalue weighted by Gasteiger charge is 2.09. The maximum absolute atomic E-state index is 11.8. The van der Waals surface area contributed by atoms with Crippen LogP contribution in [0.1, 0.15) is 15.9 Å². The van der Waals surface area contributed by atoms with Gasteiger partial charge in [-0.05, 0) is 17.7 Å². The smallest absolute Gasteiger partial charge is 0.254 e. The van der Waals surface area contributed by atoms with Crippen LogP contribution < -0.4 is 11.2 Å². The zero-order chi connectivity index (χ0) is 11.7. The van der Waals surface area contributed by atoms with Gasteiger partial charge in [0.1, 0.15) is 5.56 Å². The SMILES string of the molecule is NC(=O)c1c[nH]c2ccc(CO)cc2c1=O. The molecule has 82 valence electrons. The molecule has 1 aromatic heterocycles. The monoisotopic (exact) mass is 218 g/mol. The third-order valence-electron chi connectivity index (χ3n) is 2.39. The molecular weight excluding hydrogens is 208 g/mol. The number of carbonyl (C=O) groups excluding carboxylic acids is 1. The molecule has 1 aromatic carbocycles. The molecule has 0 aliphatic heterocycles. The molecule has 1 heterocycles. The van der Waals surface area contributed by atoms with Gasteiger partial charge in [-0.25, -0.2) is 0 Å². The fourth-order valence-electron chi connectivity index (χ4n) is 1.55. The average molecular weight is 218 g/mol. The summed E-state index contributed by atoms with van der Waals surface area (Å²) in [6.07, 6.45) is 1.30. The highest BCUT2D eigenvalue weighted by atomic mass is 16.3. The topological polar surface area (TPSA) is 96.2 Å². The van der Waals surface area contributed by atoms with Gasteiger partial charge in [0.05, 0.1) is 6.61 Å². The number of nitrogens with two attached hydrogens (primary N) is 1. The molecule has 0 bridgehead atoms. The summed E-state index contributed by atoms with van der Waals surface area (Å²) < 4.78 is 0. The normalized spacial score (nSPS) is 10.6. The lowest BCUT2D eigenvalue weighted by atomic mass is 10.1. The summed E-state index contributed by atoms with van der Waals surface area (Å²) >= 11 is 0. The number of H-pyrrole nitrogens is 1. The number of benzene rings is 1. The second kappa shape index (κ2) is 3.79. The second-order valence-electron chi connectivity index (χ2n) is 3.43. The molecule has 0 atom stereocenters. The Kier molecular flexibility index (Phi) is 2.46. The Bertz CT molecular complexity index is 616. The van der Waals surface area contributed by atoms with E-state index < -0.39 is 11.3 Å². The summed E-state index contributed by atoms with van der Waals surface area (Å²) in [7, 11) is 0. The van der Waals surface area contributed by atoms with Gasteiger partial charge < -0.3 is 15.8 Å². The molecule has 0 fully saturated rings. The van der Waals surface area contributed by atoms with Crippen molar-refractivity contribution in [2.75, 3.05) is 0 Å². The molecule has 0 saturated carbocycles. The van der Waals surface area contributed by atoms with Crippen LogP contribution in [0.3, 0.4) is 0 Å². The standard InChI is InChI=1S/C11H10N2O3/c12-11(16)8-4-13-9-2-1-6(5-14)3-7(9)10(8)15/h1-4,14H,5H2,(H2,12,16)(H,13,15). The van der Waals surface area contributed by atoms with E-state index in [9.17, 15) is 9.59 Å². The number of aromatic amines is 1. The van der Waals surface area contributed by atoms with Crippen LogP contribution in [-0.4, -0.2) is 16.0 Å². The van der Waals surface area contributed by atoms with Crippen LogP contribution in [0, 0.1) is 0 Å². The Labute approximate surface area is 90.5 Å². The van der Waals surface area contributed by atoms with Gasteiger partial charge in [-0.3, -0.25) is 9.59 Å². The fraction of sp³-hybridized carbons (Fsp3) is 0.0909. The number of hydrogen-bond donors (Lipinski definition) is 3. The van der Waals surface area contributed by atoms with Crippen molar-refractivity contribution in [3.63, 3.8) is 0 Å². The zero-order valence-corrected chi connectivity index (χ0v) is 8.36. The molecule has 4 N–H and O–H groups in total. The van der Waals surface area contributed by atoms with Crippen molar-refractivity contribution in [3.05, 3.63) is 45.7 Å². The molecule has 0 radical (unpaired) electrons. The van der Waals surface area contributed by atoms with Gasteiger partial charge in [0.25, 0.3) is 5.91 Å². The Balaban J connectivity index is 2.81. The first-order valence-corrected chi connectivity index (χ1v) is 4.68. The van der Waals surface area contributed by atoms with E-state index in [4.69, 9.17) is 10.8 Å². The molecular formula is C11H10N2O3. The van der Waals surface area contributed by atoms with Crippen molar-refractivity contribution < 1.29 is 9.90 Å². The second-order valence-corrected chi connectivity index (χ2v) is 3.43. The Morgan fingerprint density at radius 1 is 1.44 bits per heavy atom. The molecule has 0 aliphatic carbocycles. The number of aromatic nitrogens is 1. The van der Waals surface area contributed by atoms with Crippen LogP contribution in [0.2, 0.25) is 0 Å². The fourth-order valence-corrected chi connectivity index (χ4v) is 1.55. The van der Waals surface area contributed by atoms with Crippen molar-refractivity contribution in [1.29, 1.82) is 0 Å². The number of aliphatic hydroxyl groups excluding tert-OH is 1. The number of pyridine rings is 1. The number of hydrogen-bond acceptors (Lipinski definition) is 3. The summed E-state index contributed by atoms with van der Waals surface area (Å²) in [5.41, 5.74) is 5.78. The van der Waals surface area contributed by atoms with E-state index in [1.807, 2.05) is 0 Å². The van der Waals surface area contributed by atoms with Crippen molar-refractivity contribution in [2.45, 2.75) is 6.61 Å². The van der Waals surface area contributed by atoms with Gasteiger partial charge in [-0.1, -0.05) is 6.07 Å². The van der Waals surface area contributed by atoms with Crippen molar-refractivity contribution in [2.24, 2.45) is 5.73 Å². The molecule has 2 aromatic rings. The predicted molar refractivity (Wildman–Crippen MR) is 59.0 cm³/mol. The van der Waals surface area contributed by atoms with Gasteiger partial charge >= 0.3 is 0 Å². The molecule has 5 nitrogen and oxygen atoms in total. The maximum atomic E-state index is 11.8. The quantitative estimate of drug-likeness (QED) is 0.667. The van der Waals surface area contributed by atoms with Gasteiger partial charge in [0.2, 0.25) is 5.43 Å². The van der Waals surface area contributed by atoms with Crippen molar-refractivity contribution >= 4 is 16.8 Å². The summed E-state index contributed by atoms with van der Waals surface area (Å²) in [6.45, 7) is -0.157. The van der Waals surface area contributed by atoms with Crippen LogP contribution in [-0.2, 0) is 6.61 Å². The minimum atomic E-state index is -0.766. The number of carbonyl (C=O) groups is 1. The highest BCUT2D eigenvalue weighted by molar-refractivity contribution is 5.96. The van der Waals surface area contributed by atoms with Crippen LogP contribution in [0.4, 0.5) is 0 Å². The minimum absolute atomic E-state index is 0.0809. The minimum Gasteiger partial charge on any atom is -0.392 e. The zero-order valence-electron chi connectivity index (χ0n) is 8.36. The number of aliphatic hydroxyl groups is 1. The van der Waals surface area contributed by atoms with E-state index >= 15 is 0 Å². The average Bonchev–Trinajstić information content (AvgIpc) is 2.28. The molecule has 0 unspecified atom stereocenters. The van der Waals surface area contributed by atoms with E-state index in [-0.39, 0.29) is 12.2 Å². The van der Waals surface area contributed by atoms with E-state index in [0.29, 0.717) is 16.5 Å². The highest BCUT2D eigenvalue weighted by Crippen LogP contribution is 2.11. The first kappa shape index (κ1) is 10.4. The van der Waals surface area contributed by atoms with Gasteiger partial charge in [-0.2, -0.15) is 0 Å². The van der Waals surface area contributed by atoms with Gasteiger partial charge in [-0.15, -0.1) is 0 Å². The summed E-state index contributed by atoms with van der Waals surface area (Å²) in [5.74, 6) is -0.766. The maximum Gasteiger partial charge on any atom is 0.254 e. The Hall–Kier alpha value is -2.14. The number of rotatable bonds is 2. The van der Waals surface area contributed by atoms with E-state index in [1.54, 1.807) is 18.2 Å². The molecule has 0 saturated heterocycles. The first-order valence-electron chi connectivity index (χ1n) is 4.68. The number of nitrogens with one attached hydrogen (secondary N) is 1. The largest absolute Gasteiger partial charge is 0.392 e. The molecule has 5 heteroatoms. The third kappa shape index (κ3) is 1.57. The van der Waals surface area contributed by atoms with Crippen LogP contribution in [0.5, 0.6) is 0 Å². The van der Waals surface area contributed by atoms with Crippen molar-refractivity contribution in [1.82, 2.24) is 4.98 Å². The number of amides is 1. The lowest BCUT2D eigenvalue weighted by Crippen LogP contribution is -2.22. The number of fused-ring (bicyclic) bond motifs is 1. The molecule has 0 aliphatic rings. The van der Waals surface area contributed by atoms with E-state index in [1.165, 1.54) is 6.20 Å². The molecule has 1 amide bonds. The van der Waals surface area contributed by atoms with Gasteiger partial charge in [0.15, 0.2) is 0 Å². The van der Waals surface area contributed by atoms with Crippen LogP contribution >= 0.6 is 0 Å². The van der Waals surface area contributed by atoms with Gasteiger partial charge in [0, 0.05) is 17.1 Å². The Morgan fingerprint density at radius 3 is 2.81 bits per heavy atom. The van der Waals surface area contributed by atoms with E-state index in [0.717, 1.165) is 0 Å². The van der Waals surface area contributed by atoms with Crippen LogP contribution in [0.25, 0.3) is 10.9 Å². The molecule has 16 heavy (non-hydrogen) atoms. The predicted octanol–water partition coefficient (Wildman–Crippen LogP) is 0.119. The van der Waals surface area contributed by atoms with E-state index in [2.05, 4.69) is 4.98 Å². The lowest BCUT2D eigenvalue weighted by molar-refractivity contribution is 0.0999. The Morgan fingerprint density at radius 2 is 2.19 bits per heavy atom. The number of primary amides is 1. The van der Waals surface area contributed by atoms with Crippen LogP contribution in [0.15, 0.2) is 29.2 Å². The molecule has 0 spiro atoms. The third-order valence-corrected chi connectivity index (χ3v) is 2.39. The lowest BCUT2D eigenvalue weighted by Gasteiger charge is -2.02. The first-order chi connectivity index (χ1) is 7.63. The summed E-state index contributed by atoms with van der Waals surface area (Å²) in [4.78, 5) is 25.6. The van der Waals surface area contributed by atoms with Crippen molar-refractivity contribution in [3.8, 4) is 0 Å². The summed E-state index contributed by atoms with van der Waals surface area (Å²) in [6, 6.07) is 4.91. The molecule has 2 rings (SSSR count).